The van der Waals surface area contributed by atoms with Gasteiger partial charge in [0.25, 0.3) is 5.56 Å². The van der Waals surface area contributed by atoms with Crippen LogP contribution in [0.15, 0.2) is 41.3 Å². The second kappa shape index (κ2) is 7.49. The van der Waals surface area contributed by atoms with E-state index in [9.17, 15) is 9.59 Å². The van der Waals surface area contributed by atoms with Gasteiger partial charge >= 0.3 is 5.97 Å². The van der Waals surface area contributed by atoms with Gasteiger partial charge < -0.3 is 9.67 Å². The van der Waals surface area contributed by atoms with Gasteiger partial charge in [-0.1, -0.05) is 48.3 Å². The smallest absolute Gasteiger partial charge is 0.326 e. The van der Waals surface area contributed by atoms with Gasteiger partial charge in [0.1, 0.15) is 6.04 Å². The van der Waals surface area contributed by atoms with Crippen molar-refractivity contribution in [2.75, 3.05) is 0 Å². The minimum Gasteiger partial charge on any atom is -0.480 e. The summed E-state index contributed by atoms with van der Waals surface area (Å²) in [5.74, 6) is -1.02. The van der Waals surface area contributed by atoms with Crippen molar-refractivity contribution in [2.45, 2.75) is 19.4 Å². The van der Waals surface area contributed by atoms with Crippen molar-refractivity contribution < 1.29 is 9.90 Å². The first kappa shape index (κ1) is 17.3. The van der Waals surface area contributed by atoms with Gasteiger partial charge in [-0.05, 0) is 35.7 Å². The number of nitrogens with zero attached hydrogens (tertiary/aromatic N) is 1. The highest BCUT2D eigenvalue weighted by atomic mass is 35.5. The lowest BCUT2D eigenvalue weighted by molar-refractivity contribution is -0.141. The molecule has 120 valence electrons. The van der Waals surface area contributed by atoms with Crippen LogP contribution < -0.4 is 5.56 Å². The summed E-state index contributed by atoms with van der Waals surface area (Å²) in [6, 6.07) is 7.47. The average Bonchev–Trinajstić information content (AvgIpc) is 2.51. The molecule has 2 aromatic rings. The number of rotatable bonds is 5. The quantitative estimate of drug-likeness (QED) is 0.870. The Morgan fingerprint density at radius 3 is 2.35 bits per heavy atom. The summed E-state index contributed by atoms with van der Waals surface area (Å²) < 4.78 is 1.22. The Balaban J connectivity index is 2.26. The lowest BCUT2D eigenvalue weighted by Crippen LogP contribution is -2.28. The number of carboxylic acids is 1. The number of hydrogen-bond donors (Lipinski definition) is 1. The van der Waals surface area contributed by atoms with Gasteiger partial charge in [-0.15, -0.1) is 0 Å². The molecule has 0 radical (unpaired) electrons. The molecular formula is C17H15Cl2NO3. The van der Waals surface area contributed by atoms with Crippen LogP contribution in [0.3, 0.4) is 0 Å². The monoisotopic (exact) mass is 351 g/mol. The molecule has 0 saturated heterocycles. The van der Waals surface area contributed by atoms with Crippen LogP contribution in [0, 0.1) is 0 Å². The summed E-state index contributed by atoms with van der Waals surface area (Å²) in [6.07, 6.45) is 5.40. The van der Waals surface area contributed by atoms with E-state index in [0.717, 1.165) is 5.56 Å². The summed E-state index contributed by atoms with van der Waals surface area (Å²) >= 11 is 11.8. The van der Waals surface area contributed by atoms with Crippen LogP contribution >= 0.6 is 23.2 Å². The summed E-state index contributed by atoms with van der Waals surface area (Å²) in [6.45, 7) is 1.73. The second-order valence-electron chi connectivity index (χ2n) is 4.97. The van der Waals surface area contributed by atoms with Crippen LogP contribution in [0.4, 0.5) is 0 Å². The van der Waals surface area contributed by atoms with Crippen molar-refractivity contribution in [3.63, 3.8) is 0 Å². The average molecular weight is 352 g/mol. The number of pyridine rings is 1. The number of carboxylic acid groups (broad SMARTS) is 1. The van der Waals surface area contributed by atoms with Gasteiger partial charge in [0.15, 0.2) is 0 Å². The van der Waals surface area contributed by atoms with Gasteiger partial charge in [-0.3, -0.25) is 4.79 Å². The largest absolute Gasteiger partial charge is 0.480 e. The third-order valence-corrected chi connectivity index (χ3v) is 4.13. The van der Waals surface area contributed by atoms with Gasteiger partial charge in [-0.2, -0.15) is 0 Å². The van der Waals surface area contributed by atoms with Crippen molar-refractivity contribution in [3.8, 4) is 0 Å². The number of hydrogen-bond acceptors (Lipinski definition) is 2. The van der Waals surface area contributed by atoms with Crippen LogP contribution in [-0.2, 0) is 4.79 Å². The topological polar surface area (TPSA) is 59.3 Å². The standard InChI is InChI=1S/C17H15Cl2NO3/c1-2-15(17(22)23)20-8-7-12(10-16(20)21)4-3-11-5-6-13(18)14(19)9-11/h3-10,15H,2H2,1H3,(H,22,23)/b4-3+. The van der Waals surface area contributed by atoms with Crippen molar-refractivity contribution in [3.05, 3.63) is 68.1 Å². The lowest BCUT2D eigenvalue weighted by atomic mass is 10.1. The van der Waals surface area contributed by atoms with E-state index < -0.39 is 12.0 Å². The Hall–Kier alpha value is -2.04. The maximum Gasteiger partial charge on any atom is 0.326 e. The van der Waals surface area contributed by atoms with Crippen LogP contribution in [0.5, 0.6) is 0 Å². The Morgan fingerprint density at radius 1 is 1.17 bits per heavy atom. The first-order valence-electron chi connectivity index (χ1n) is 7.00. The van der Waals surface area contributed by atoms with Gasteiger partial charge in [-0.25, -0.2) is 4.79 Å². The highest BCUT2D eigenvalue weighted by molar-refractivity contribution is 6.42. The van der Waals surface area contributed by atoms with Crippen LogP contribution in [0.25, 0.3) is 12.2 Å². The van der Waals surface area contributed by atoms with Crippen molar-refractivity contribution in [1.29, 1.82) is 0 Å². The molecule has 0 spiro atoms. The number of benzene rings is 1. The number of aromatic nitrogens is 1. The minimum atomic E-state index is -1.02. The number of halogens is 2. The number of aliphatic carboxylic acids is 1. The maximum absolute atomic E-state index is 12.1. The first-order chi connectivity index (χ1) is 10.9. The molecule has 1 N–H and O–H groups in total. The molecule has 2 rings (SSSR count). The van der Waals surface area contributed by atoms with Crippen molar-refractivity contribution in [1.82, 2.24) is 4.57 Å². The molecule has 1 heterocycles. The SMILES string of the molecule is CCC(C(=O)O)n1ccc(/C=C/c2ccc(Cl)c(Cl)c2)cc1=O. The summed E-state index contributed by atoms with van der Waals surface area (Å²) in [5.41, 5.74) is 1.17. The van der Waals surface area contributed by atoms with E-state index in [0.29, 0.717) is 22.0 Å². The molecule has 6 heteroatoms. The Morgan fingerprint density at radius 2 is 1.83 bits per heavy atom. The molecule has 1 atom stereocenters. The molecule has 4 nitrogen and oxygen atoms in total. The molecule has 0 aliphatic rings. The van der Waals surface area contributed by atoms with Crippen molar-refractivity contribution >= 4 is 41.3 Å². The molecule has 23 heavy (non-hydrogen) atoms. The van der Waals surface area contributed by atoms with Gasteiger partial charge in [0.05, 0.1) is 10.0 Å². The highest BCUT2D eigenvalue weighted by Gasteiger charge is 2.17. The lowest BCUT2D eigenvalue weighted by Gasteiger charge is -2.13. The van der Waals surface area contributed by atoms with Crippen LogP contribution in [0.1, 0.15) is 30.5 Å². The van der Waals surface area contributed by atoms with Gasteiger partial charge in [0.2, 0.25) is 0 Å². The zero-order chi connectivity index (χ0) is 17.0. The summed E-state index contributed by atoms with van der Waals surface area (Å²) in [4.78, 5) is 23.2. The van der Waals surface area contributed by atoms with E-state index in [2.05, 4.69) is 0 Å². The highest BCUT2D eigenvalue weighted by Crippen LogP contribution is 2.23. The summed E-state index contributed by atoms with van der Waals surface area (Å²) in [5, 5.41) is 10.1. The normalized spacial score (nSPS) is 12.5. The Kier molecular flexibility index (Phi) is 5.64. The zero-order valence-electron chi connectivity index (χ0n) is 12.4. The van der Waals surface area contributed by atoms with Crippen LogP contribution in [0.2, 0.25) is 10.0 Å². The fraction of sp³-hybridized carbons (Fsp3) is 0.176. The third kappa shape index (κ3) is 4.24. The second-order valence-corrected chi connectivity index (χ2v) is 5.79. The first-order valence-corrected chi connectivity index (χ1v) is 7.76. The molecule has 0 saturated carbocycles. The predicted octanol–water partition coefficient (Wildman–Crippen LogP) is 4.36. The fourth-order valence-electron chi connectivity index (χ4n) is 2.17. The van der Waals surface area contributed by atoms with E-state index in [1.165, 1.54) is 16.8 Å². The zero-order valence-corrected chi connectivity index (χ0v) is 13.9. The molecule has 0 aliphatic carbocycles. The van der Waals surface area contributed by atoms with Crippen LogP contribution in [-0.4, -0.2) is 15.6 Å². The van der Waals surface area contributed by atoms with E-state index in [4.69, 9.17) is 28.3 Å². The van der Waals surface area contributed by atoms with E-state index >= 15 is 0 Å². The predicted molar refractivity (Wildman–Crippen MR) is 93.1 cm³/mol. The molecule has 1 aromatic heterocycles. The molecule has 1 unspecified atom stereocenters. The maximum atomic E-state index is 12.1. The Bertz CT molecular complexity index is 812. The van der Waals surface area contributed by atoms with E-state index in [-0.39, 0.29) is 5.56 Å². The molecule has 0 aliphatic heterocycles. The molecule has 0 bridgehead atoms. The van der Waals surface area contributed by atoms with E-state index in [1.807, 2.05) is 6.07 Å². The Labute approximate surface area is 143 Å². The van der Waals surface area contributed by atoms with Gasteiger partial charge in [0, 0.05) is 12.3 Å². The minimum absolute atomic E-state index is 0.341. The molecule has 0 fully saturated rings. The van der Waals surface area contributed by atoms with E-state index in [1.54, 1.807) is 37.3 Å². The third-order valence-electron chi connectivity index (χ3n) is 3.39. The molecular weight excluding hydrogens is 337 g/mol. The fourth-order valence-corrected chi connectivity index (χ4v) is 2.47. The number of carbonyl (C=O) groups is 1. The molecule has 1 aromatic carbocycles. The van der Waals surface area contributed by atoms with Crippen molar-refractivity contribution in [2.24, 2.45) is 0 Å². The summed E-state index contributed by atoms with van der Waals surface area (Å²) in [7, 11) is 0. The molecule has 0 amide bonds.